The number of hydrogen-bond acceptors (Lipinski definition) is 4. The zero-order valence-corrected chi connectivity index (χ0v) is 19.4. The number of benzene rings is 4. The second-order valence-electron chi connectivity index (χ2n) is 7.50. The van der Waals surface area contributed by atoms with E-state index in [2.05, 4.69) is 5.32 Å². The molecule has 0 spiro atoms. The minimum absolute atomic E-state index is 0.210. The Morgan fingerprint density at radius 2 is 1.53 bits per heavy atom. The third-order valence-electron chi connectivity index (χ3n) is 5.12. The highest BCUT2D eigenvalue weighted by Gasteiger charge is 2.12. The number of nitrogens with one attached hydrogen (secondary N) is 1. The number of rotatable bonds is 9. The van der Waals surface area contributed by atoms with Crippen LogP contribution in [0.2, 0.25) is 5.02 Å². The maximum atomic E-state index is 12.8. The van der Waals surface area contributed by atoms with E-state index in [1.54, 1.807) is 37.4 Å². The van der Waals surface area contributed by atoms with Crippen molar-refractivity contribution < 1.29 is 19.0 Å². The zero-order valence-electron chi connectivity index (χ0n) is 18.7. The molecule has 0 heterocycles. The molecule has 4 aromatic carbocycles. The van der Waals surface area contributed by atoms with Gasteiger partial charge in [-0.15, -0.1) is 0 Å². The molecule has 1 N–H and O–H groups in total. The van der Waals surface area contributed by atoms with Gasteiger partial charge < -0.3 is 19.5 Å². The van der Waals surface area contributed by atoms with Gasteiger partial charge in [0, 0.05) is 16.8 Å². The van der Waals surface area contributed by atoms with Crippen LogP contribution in [0.25, 0.3) is 0 Å². The van der Waals surface area contributed by atoms with Crippen LogP contribution in [-0.4, -0.2) is 13.0 Å². The molecule has 0 saturated heterocycles. The van der Waals surface area contributed by atoms with Gasteiger partial charge >= 0.3 is 0 Å². The topological polar surface area (TPSA) is 56.8 Å². The Kier molecular flexibility index (Phi) is 7.68. The minimum Gasteiger partial charge on any atom is -0.496 e. The van der Waals surface area contributed by atoms with E-state index in [-0.39, 0.29) is 12.5 Å². The van der Waals surface area contributed by atoms with E-state index < -0.39 is 0 Å². The molecule has 0 radical (unpaired) electrons. The Balaban J connectivity index is 1.39. The number of anilines is 1. The lowest BCUT2D eigenvalue weighted by molar-refractivity contribution is 0.102. The maximum absolute atomic E-state index is 12.8. The summed E-state index contributed by atoms with van der Waals surface area (Å²) >= 11 is 6.17. The van der Waals surface area contributed by atoms with Crippen molar-refractivity contribution in [3.63, 3.8) is 0 Å². The van der Waals surface area contributed by atoms with Gasteiger partial charge in [-0.25, -0.2) is 0 Å². The second kappa shape index (κ2) is 11.3. The lowest BCUT2D eigenvalue weighted by Crippen LogP contribution is -2.13. The molecule has 0 atom stereocenters. The molecular formula is C28H24ClNO4. The second-order valence-corrected chi connectivity index (χ2v) is 7.91. The fourth-order valence-corrected chi connectivity index (χ4v) is 3.52. The predicted molar refractivity (Wildman–Crippen MR) is 134 cm³/mol. The van der Waals surface area contributed by atoms with E-state index >= 15 is 0 Å². The van der Waals surface area contributed by atoms with Crippen LogP contribution in [0.1, 0.15) is 21.5 Å². The smallest absolute Gasteiger partial charge is 0.255 e. The highest BCUT2D eigenvalue weighted by molar-refractivity contribution is 6.32. The lowest BCUT2D eigenvalue weighted by atomic mass is 10.1. The first-order chi connectivity index (χ1) is 16.6. The lowest BCUT2D eigenvalue weighted by Gasteiger charge is -2.13. The highest BCUT2D eigenvalue weighted by Crippen LogP contribution is 2.27. The molecule has 34 heavy (non-hydrogen) atoms. The van der Waals surface area contributed by atoms with Crippen molar-refractivity contribution in [3.8, 4) is 17.2 Å². The summed E-state index contributed by atoms with van der Waals surface area (Å²) in [6.45, 7) is 0.693. The Labute approximate surface area is 203 Å². The van der Waals surface area contributed by atoms with Crippen LogP contribution in [0.4, 0.5) is 5.69 Å². The molecule has 6 heteroatoms. The van der Waals surface area contributed by atoms with Crippen molar-refractivity contribution in [1.29, 1.82) is 0 Å². The number of methoxy groups -OCH3 is 1. The van der Waals surface area contributed by atoms with Crippen molar-refractivity contribution in [2.24, 2.45) is 0 Å². The van der Waals surface area contributed by atoms with Gasteiger partial charge in [-0.05, 0) is 60.2 Å². The van der Waals surface area contributed by atoms with Crippen molar-refractivity contribution in [1.82, 2.24) is 0 Å². The summed E-state index contributed by atoms with van der Waals surface area (Å²) in [4.78, 5) is 12.8. The number of ether oxygens (including phenoxy) is 3. The van der Waals surface area contributed by atoms with Gasteiger partial charge in [0.05, 0.1) is 12.1 Å². The van der Waals surface area contributed by atoms with Crippen molar-refractivity contribution >= 4 is 23.2 Å². The Bertz CT molecular complexity index is 1240. The molecule has 4 rings (SSSR count). The molecule has 0 unspecified atom stereocenters. The summed E-state index contributed by atoms with van der Waals surface area (Å²) in [5.74, 6) is 1.68. The molecule has 0 bridgehead atoms. The quantitative estimate of drug-likeness (QED) is 0.292. The number of carbonyl (C=O) groups is 1. The van der Waals surface area contributed by atoms with Gasteiger partial charge in [-0.2, -0.15) is 0 Å². The van der Waals surface area contributed by atoms with E-state index in [1.165, 1.54) is 0 Å². The maximum Gasteiger partial charge on any atom is 0.255 e. The van der Waals surface area contributed by atoms with E-state index in [0.29, 0.717) is 34.4 Å². The first kappa shape index (κ1) is 23.2. The van der Waals surface area contributed by atoms with Crippen LogP contribution in [0.3, 0.4) is 0 Å². The Morgan fingerprint density at radius 3 is 2.26 bits per heavy atom. The Hall–Kier alpha value is -3.96. The average molecular weight is 474 g/mol. The fraction of sp³-hybridized carbons (Fsp3) is 0.107. The number of carbonyl (C=O) groups excluding carboxylic acids is 1. The predicted octanol–water partition coefficient (Wildman–Crippen LogP) is 6.76. The first-order valence-electron chi connectivity index (χ1n) is 10.7. The molecule has 0 saturated carbocycles. The first-order valence-corrected chi connectivity index (χ1v) is 11.1. The van der Waals surface area contributed by atoms with Gasteiger partial charge in [0.25, 0.3) is 5.91 Å². The fourth-order valence-electron chi connectivity index (χ4n) is 3.33. The van der Waals surface area contributed by atoms with E-state index in [1.807, 2.05) is 66.7 Å². The summed E-state index contributed by atoms with van der Waals surface area (Å²) in [5.41, 5.74) is 2.98. The van der Waals surface area contributed by atoms with Crippen LogP contribution in [0.15, 0.2) is 97.1 Å². The molecule has 0 aliphatic rings. The zero-order chi connectivity index (χ0) is 23.8. The van der Waals surface area contributed by atoms with Gasteiger partial charge in [0.2, 0.25) is 0 Å². The molecule has 0 aliphatic carbocycles. The largest absolute Gasteiger partial charge is 0.496 e. The van der Waals surface area contributed by atoms with Gasteiger partial charge in [0.1, 0.15) is 30.5 Å². The third kappa shape index (κ3) is 6.09. The molecule has 5 nitrogen and oxygen atoms in total. The van der Waals surface area contributed by atoms with Crippen LogP contribution in [0.5, 0.6) is 17.2 Å². The third-order valence-corrected chi connectivity index (χ3v) is 5.44. The standard InChI is InChI=1S/C28H24ClNO4/c1-32-26-16-11-21(17-22(26)19-34-27-10-6-5-9-25(27)29)28(31)30-23-12-14-24(15-13-23)33-18-20-7-3-2-4-8-20/h2-17H,18-19H2,1H3,(H,30,31). The number of amides is 1. The Morgan fingerprint density at radius 1 is 0.794 bits per heavy atom. The average Bonchev–Trinajstić information content (AvgIpc) is 2.88. The molecule has 0 aliphatic heterocycles. The van der Waals surface area contributed by atoms with E-state index in [9.17, 15) is 4.79 Å². The summed E-state index contributed by atoms with van der Waals surface area (Å²) in [6.07, 6.45) is 0. The molecule has 172 valence electrons. The summed E-state index contributed by atoms with van der Waals surface area (Å²) in [5, 5.41) is 3.43. The summed E-state index contributed by atoms with van der Waals surface area (Å²) < 4.78 is 17.1. The highest BCUT2D eigenvalue weighted by atomic mass is 35.5. The van der Waals surface area contributed by atoms with Crippen LogP contribution in [-0.2, 0) is 13.2 Å². The van der Waals surface area contributed by atoms with Crippen LogP contribution in [0, 0.1) is 0 Å². The summed E-state index contributed by atoms with van der Waals surface area (Å²) in [7, 11) is 1.58. The molecule has 0 fully saturated rings. The minimum atomic E-state index is -0.236. The molecule has 0 aromatic heterocycles. The van der Waals surface area contributed by atoms with Crippen LogP contribution >= 0.6 is 11.6 Å². The van der Waals surface area contributed by atoms with Crippen molar-refractivity contribution in [2.75, 3.05) is 12.4 Å². The molecular weight excluding hydrogens is 450 g/mol. The number of halogens is 1. The van der Waals surface area contributed by atoms with Gasteiger partial charge in [-0.1, -0.05) is 54.1 Å². The van der Waals surface area contributed by atoms with Gasteiger partial charge in [0.15, 0.2) is 0 Å². The van der Waals surface area contributed by atoms with E-state index in [0.717, 1.165) is 16.9 Å². The SMILES string of the molecule is COc1ccc(C(=O)Nc2ccc(OCc3ccccc3)cc2)cc1COc1ccccc1Cl. The van der Waals surface area contributed by atoms with Crippen LogP contribution < -0.4 is 19.5 Å². The monoisotopic (exact) mass is 473 g/mol. The van der Waals surface area contributed by atoms with Crippen molar-refractivity contribution in [2.45, 2.75) is 13.2 Å². The summed E-state index contributed by atoms with van der Waals surface area (Å²) in [6, 6.07) is 29.7. The number of hydrogen-bond donors (Lipinski definition) is 1. The molecule has 4 aromatic rings. The number of para-hydroxylation sites is 1. The van der Waals surface area contributed by atoms with Crippen molar-refractivity contribution in [3.05, 3.63) is 119 Å². The van der Waals surface area contributed by atoms with E-state index in [4.69, 9.17) is 25.8 Å². The normalized spacial score (nSPS) is 10.4. The van der Waals surface area contributed by atoms with Gasteiger partial charge in [-0.3, -0.25) is 4.79 Å². The molecule has 1 amide bonds.